The van der Waals surface area contributed by atoms with Gasteiger partial charge in [-0.25, -0.2) is 4.79 Å². The van der Waals surface area contributed by atoms with Gasteiger partial charge in [-0.05, 0) is 36.6 Å². The molecule has 2 aliphatic rings. The summed E-state index contributed by atoms with van der Waals surface area (Å²) in [6, 6.07) is 15.4. The molecule has 2 aromatic carbocycles. The number of aryl methyl sites for hydroxylation is 1. The summed E-state index contributed by atoms with van der Waals surface area (Å²) in [5.74, 6) is -0.646. The van der Waals surface area contributed by atoms with E-state index in [4.69, 9.17) is 9.47 Å². The first-order valence-corrected chi connectivity index (χ1v) is 10.3. The Labute approximate surface area is 171 Å². The largest absolute Gasteiger partial charge is 0.452 e. The van der Waals surface area contributed by atoms with E-state index in [1.807, 2.05) is 36.4 Å². The van der Waals surface area contributed by atoms with Crippen molar-refractivity contribution in [2.45, 2.75) is 19.4 Å². The number of fused-ring (bicyclic) bond motifs is 1. The molecule has 1 fully saturated rings. The number of ether oxygens (including phenoxy) is 2. The fourth-order valence-corrected chi connectivity index (χ4v) is 3.97. The Bertz CT molecular complexity index is 859. The highest BCUT2D eigenvalue weighted by atomic mass is 16.5. The van der Waals surface area contributed by atoms with Crippen molar-refractivity contribution in [3.05, 3.63) is 65.2 Å². The summed E-state index contributed by atoms with van der Waals surface area (Å²) in [6.07, 6.45) is 1.89. The number of quaternary nitrogens is 1. The van der Waals surface area contributed by atoms with Gasteiger partial charge < -0.3 is 19.3 Å². The van der Waals surface area contributed by atoms with Crippen molar-refractivity contribution in [3.8, 4) is 0 Å². The predicted octanol–water partition coefficient (Wildman–Crippen LogP) is 1.24. The molecule has 1 amide bonds. The number of rotatable bonds is 5. The average molecular weight is 395 g/mol. The number of nitrogens with zero attached hydrogens (tertiary/aromatic N) is 1. The highest BCUT2D eigenvalue weighted by molar-refractivity contribution is 5.97. The monoisotopic (exact) mass is 395 g/mol. The van der Waals surface area contributed by atoms with Gasteiger partial charge in [0.05, 0.1) is 18.8 Å². The molecule has 0 saturated carbocycles. The maximum absolute atomic E-state index is 12.6. The van der Waals surface area contributed by atoms with Crippen LogP contribution < -0.4 is 9.80 Å². The van der Waals surface area contributed by atoms with E-state index in [2.05, 4.69) is 0 Å². The summed E-state index contributed by atoms with van der Waals surface area (Å²) < 4.78 is 10.7. The highest BCUT2D eigenvalue weighted by Crippen LogP contribution is 2.26. The Morgan fingerprint density at radius 1 is 1.03 bits per heavy atom. The Hall–Kier alpha value is -2.70. The Kier molecular flexibility index (Phi) is 6.22. The lowest BCUT2D eigenvalue weighted by Crippen LogP contribution is -3.12. The number of para-hydroxylation sites is 1. The number of morpholine rings is 1. The fourth-order valence-electron chi connectivity index (χ4n) is 3.97. The summed E-state index contributed by atoms with van der Waals surface area (Å²) in [6.45, 7) is 4.95. The third-order valence-corrected chi connectivity index (χ3v) is 5.58. The van der Waals surface area contributed by atoms with Gasteiger partial charge in [-0.2, -0.15) is 0 Å². The van der Waals surface area contributed by atoms with Gasteiger partial charge in [0.1, 0.15) is 19.6 Å². The minimum atomic E-state index is -0.464. The van der Waals surface area contributed by atoms with E-state index in [0.717, 1.165) is 56.9 Å². The van der Waals surface area contributed by atoms with E-state index >= 15 is 0 Å². The summed E-state index contributed by atoms with van der Waals surface area (Å²) in [5, 5.41) is 0. The molecule has 0 atom stereocenters. The first-order chi connectivity index (χ1) is 14.2. The van der Waals surface area contributed by atoms with Crippen LogP contribution in [-0.2, 0) is 27.2 Å². The van der Waals surface area contributed by atoms with Gasteiger partial charge in [0, 0.05) is 17.8 Å². The second-order valence-electron chi connectivity index (χ2n) is 7.59. The van der Waals surface area contributed by atoms with Gasteiger partial charge in [-0.1, -0.05) is 30.3 Å². The number of esters is 1. The maximum atomic E-state index is 12.6. The molecular formula is C23H27N2O4+. The van der Waals surface area contributed by atoms with Crippen molar-refractivity contribution in [2.24, 2.45) is 0 Å². The van der Waals surface area contributed by atoms with Crippen LogP contribution in [0.2, 0.25) is 0 Å². The van der Waals surface area contributed by atoms with Crippen LogP contribution in [0.1, 0.15) is 27.9 Å². The van der Waals surface area contributed by atoms with Gasteiger partial charge in [-0.3, -0.25) is 4.79 Å². The third kappa shape index (κ3) is 4.83. The van der Waals surface area contributed by atoms with Gasteiger partial charge in [0.25, 0.3) is 5.91 Å². The van der Waals surface area contributed by atoms with Crippen LogP contribution in [0, 0.1) is 0 Å². The van der Waals surface area contributed by atoms with Crippen LogP contribution in [0.4, 0.5) is 5.69 Å². The zero-order chi connectivity index (χ0) is 20.1. The number of amides is 1. The van der Waals surface area contributed by atoms with Crippen molar-refractivity contribution >= 4 is 17.6 Å². The molecular weight excluding hydrogens is 368 g/mol. The molecule has 4 rings (SSSR count). The van der Waals surface area contributed by atoms with Crippen molar-refractivity contribution < 1.29 is 24.0 Å². The maximum Gasteiger partial charge on any atom is 0.338 e. The van der Waals surface area contributed by atoms with Crippen LogP contribution in [0.5, 0.6) is 0 Å². The number of carbonyl (C=O) groups is 2. The van der Waals surface area contributed by atoms with Gasteiger partial charge in [-0.15, -0.1) is 0 Å². The molecule has 1 N–H and O–H groups in total. The molecule has 0 unspecified atom stereocenters. The van der Waals surface area contributed by atoms with Crippen LogP contribution in [0.15, 0.2) is 48.5 Å². The molecule has 6 heteroatoms. The molecule has 6 nitrogen and oxygen atoms in total. The Morgan fingerprint density at radius 2 is 1.79 bits per heavy atom. The first kappa shape index (κ1) is 19.6. The minimum Gasteiger partial charge on any atom is -0.452 e. The van der Waals surface area contributed by atoms with Crippen LogP contribution >= 0.6 is 0 Å². The normalized spacial score (nSPS) is 16.9. The van der Waals surface area contributed by atoms with Gasteiger partial charge in [0.15, 0.2) is 6.61 Å². The van der Waals surface area contributed by atoms with E-state index < -0.39 is 5.97 Å². The summed E-state index contributed by atoms with van der Waals surface area (Å²) >= 11 is 0. The van der Waals surface area contributed by atoms with E-state index in [1.165, 1.54) is 10.5 Å². The number of hydrogen-bond acceptors (Lipinski definition) is 4. The molecule has 0 aliphatic carbocycles. The number of benzene rings is 2. The summed E-state index contributed by atoms with van der Waals surface area (Å²) in [5.41, 5.74) is 3.74. The molecule has 1 saturated heterocycles. The standard InChI is InChI=1S/C23H26N2O4/c26-22(25-11-3-5-19-4-1-2-6-21(19)25)17-29-23(27)20-9-7-18(8-10-20)16-24-12-14-28-15-13-24/h1-2,4,6-10H,3,5,11-17H2/p+1. The molecule has 0 bridgehead atoms. The number of anilines is 1. The molecule has 2 aromatic rings. The van der Waals surface area contributed by atoms with Gasteiger partial charge >= 0.3 is 5.97 Å². The van der Waals surface area contributed by atoms with Crippen LogP contribution in [0.25, 0.3) is 0 Å². The number of nitrogens with one attached hydrogen (secondary N) is 1. The lowest BCUT2D eigenvalue weighted by Gasteiger charge is -2.29. The quantitative estimate of drug-likeness (QED) is 0.774. The van der Waals surface area contributed by atoms with Gasteiger partial charge in [0.2, 0.25) is 0 Å². The van der Waals surface area contributed by atoms with E-state index in [0.29, 0.717) is 12.1 Å². The zero-order valence-corrected chi connectivity index (χ0v) is 16.6. The van der Waals surface area contributed by atoms with Crippen molar-refractivity contribution in [1.82, 2.24) is 0 Å². The molecule has 0 aromatic heterocycles. The predicted molar refractivity (Wildman–Crippen MR) is 109 cm³/mol. The molecule has 0 radical (unpaired) electrons. The van der Waals surface area contributed by atoms with E-state index in [9.17, 15) is 9.59 Å². The second kappa shape index (κ2) is 9.20. The molecule has 2 heterocycles. The molecule has 152 valence electrons. The van der Waals surface area contributed by atoms with Crippen molar-refractivity contribution in [3.63, 3.8) is 0 Å². The van der Waals surface area contributed by atoms with Crippen molar-refractivity contribution in [2.75, 3.05) is 44.4 Å². The van der Waals surface area contributed by atoms with Crippen LogP contribution in [-0.4, -0.2) is 51.3 Å². The lowest BCUT2D eigenvalue weighted by molar-refractivity contribution is -0.921. The molecule has 2 aliphatic heterocycles. The zero-order valence-electron chi connectivity index (χ0n) is 16.6. The average Bonchev–Trinajstić information content (AvgIpc) is 2.78. The van der Waals surface area contributed by atoms with E-state index in [-0.39, 0.29) is 12.5 Å². The smallest absolute Gasteiger partial charge is 0.338 e. The summed E-state index contributed by atoms with van der Waals surface area (Å²) in [7, 11) is 0. The Morgan fingerprint density at radius 3 is 2.59 bits per heavy atom. The second-order valence-corrected chi connectivity index (χ2v) is 7.59. The number of carbonyl (C=O) groups excluding carboxylic acids is 2. The first-order valence-electron chi connectivity index (χ1n) is 10.3. The fraction of sp³-hybridized carbons (Fsp3) is 0.391. The molecule has 29 heavy (non-hydrogen) atoms. The topological polar surface area (TPSA) is 60.3 Å². The highest BCUT2D eigenvalue weighted by Gasteiger charge is 2.23. The molecule has 0 spiro atoms. The van der Waals surface area contributed by atoms with Crippen LogP contribution in [0.3, 0.4) is 0 Å². The lowest BCUT2D eigenvalue weighted by atomic mass is 10.0. The minimum absolute atomic E-state index is 0.182. The van der Waals surface area contributed by atoms with E-state index in [1.54, 1.807) is 17.0 Å². The number of hydrogen-bond donors (Lipinski definition) is 1. The Balaban J connectivity index is 1.31. The third-order valence-electron chi connectivity index (χ3n) is 5.58. The van der Waals surface area contributed by atoms with Crippen molar-refractivity contribution in [1.29, 1.82) is 0 Å². The SMILES string of the molecule is O=C(OCC(=O)N1CCCc2ccccc21)c1ccc(C[NH+]2CCOCC2)cc1. The summed E-state index contributed by atoms with van der Waals surface area (Å²) in [4.78, 5) is 28.2.